The van der Waals surface area contributed by atoms with E-state index in [-0.39, 0.29) is 18.6 Å². The quantitative estimate of drug-likeness (QED) is 0.927. The van der Waals surface area contributed by atoms with Crippen LogP contribution >= 0.6 is 0 Å². The number of aliphatic hydroxyl groups excluding tert-OH is 1. The third-order valence-electron chi connectivity index (χ3n) is 3.64. The van der Waals surface area contributed by atoms with E-state index in [9.17, 15) is 9.90 Å². The normalized spacial score (nSPS) is 18.4. The van der Waals surface area contributed by atoms with Crippen molar-refractivity contribution in [3.8, 4) is 11.3 Å². The first-order valence-electron chi connectivity index (χ1n) is 6.73. The van der Waals surface area contributed by atoms with E-state index >= 15 is 0 Å². The Morgan fingerprint density at radius 3 is 2.95 bits per heavy atom. The van der Waals surface area contributed by atoms with Gasteiger partial charge < -0.3 is 14.5 Å². The molecular weight excluding hydrogens is 256 g/mol. The number of benzene rings is 1. The highest BCUT2D eigenvalue weighted by atomic mass is 16.5. The van der Waals surface area contributed by atoms with Crippen molar-refractivity contribution in [2.45, 2.75) is 18.9 Å². The van der Waals surface area contributed by atoms with Crippen LogP contribution in [0.15, 0.2) is 40.9 Å². The van der Waals surface area contributed by atoms with Crippen molar-refractivity contribution in [3.63, 3.8) is 0 Å². The van der Waals surface area contributed by atoms with Crippen LogP contribution in [0.2, 0.25) is 0 Å². The second-order valence-electron chi connectivity index (χ2n) is 4.92. The van der Waals surface area contributed by atoms with Crippen LogP contribution in [0.1, 0.15) is 23.3 Å². The third-order valence-corrected chi connectivity index (χ3v) is 3.64. The lowest BCUT2D eigenvalue weighted by Gasteiger charge is -2.21. The molecule has 1 N–H and O–H groups in total. The minimum absolute atomic E-state index is 0.00483. The van der Waals surface area contributed by atoms with Gasteiger partial charge in [-0.2, -0.15) is 0 Å². The Bertz CT molecular complexity index is 594. The molecule has 5 nitrogen and oxygen atoms in total. The summed E-state index contributed by atoms with van der Waals surface area (Å²) in [5.41, 5.74) is 1.18. The molecule has 0 saturated carbocycles. The molecule has 0 bridgehead atoms. The lowest BCUT2D eigenvalue weighted by Crippen LogP contribution is -2.37. The molecule has 0 radical (unpaired) electrons. The fourth-order valence-electron chi connectivity index (χ4n) is 2.55. The first-order chi connectivity index (χ1) is 9.79. The maximum absolute atomic E-state index is 12.4. The van der Waals surface area contributed by atoms with Crippen LogP contribution in [0.25, 0.3) is 11.3 Å². The summed E-state index contributed by atoms with van der Waals surface area (Å²) in [5.74, 6) is 0.404. The van der Waals surface area contributed by atoms with E-state index in [4.69, 9.17) is 4.52 Å². The number of hydrogen-bond acceptors (Lipinski definition) is 4. The molecule has 1 unspecified atom stereocenters. The molecule has 1 fully saturated rings. The Morgan fingerprint density at radius 2 is 2.20 bits per heavy atom. The van der Waals surface area contributed by atoms with Gasteiger partial charge in [-0.1, -0.05) is 35.5 Å². The highest BCUT2D eigenvalue weighted by Crippen LogP contribution is 2.23. The fraction of sp³-hybridized carbons (Fsp3) is 0.333. The van der Waals surface area contributed by atoms with E-state index in [0.717, 1.165) is 18.4 Å². The summed E-state index contributed by atoms with van der Waals surface area (Å²) in [7, 11) is 0. The van der Waals surface area contributed by atoms with Crippen molar-refractivity contribution in [1.29, 1.82) is 0 Å². The topological polar surface area (TPSA) is 66.6 Å². The fourth-order valence-corrected chi connectivity index (χ4v) is 2.55. The number of aromatic nitrogens is 1. The van der Waals surface area contributed by atoms with Crippen LogP contribution in [0.5, 0.6) is 0 Å². The van der Waals surface area contributed by atoms with Crippen LogP contribution in [-0.2, 0) is 0 Å². The van der Waals surface area contributed by atoms with E-state index in [0.29, 0.717) is 18.0 Å². The van der Waals surface area contributed by atoms with Crippen molar-refractivity contribution in [3.05, 3.63) is 42.1 Å². The molecule has 1 saturated heterocycles. The Hall–Kier alpha value is -2.14. The Labute approximate surface area is 116 Å². The molecule has 3 rings (SSSR count). The van der Waals surface area contributed by atoms with E-state index in [1.807, 2.05) is 30.3 Å². The zero-order valence-electron chi connectivity index (χ0n) is 11.0. The molecule has 1 aromatic heterocycles. The zero-order valence-corrected chi connectivity index (χ0v) is 11.0. The maximum Gasteiger partial charge on any atom is 0.276 e. The minimum Gasteiger partial charge on any atom is -0.394 e. The second-order valence-corrected chi connectivity index (χ2v) is 4.92. The molecule has 1 amide bonds. The molecule has 0 aliphatic carbocycles. The average molecular weight is 272 g/mol. The number of amides is 1. The van der Waals surface area contributed by atoms with Gasteiger partial charge in [0.1, 0.15) is 0 Å². The Kier molecular flexibility index (Phi) is 3.52. The summed E-state index contributed by atoms with van der Waals surface area (Å²) >= 11 is 0. The van der Waals surface area contributed by atoms with Gasteiger partial charge in [-0.25, -0.2) is 0 Å². The van der Waals surface area contributed by atoms with Crippen LogP contribution in [0, 0.1) is 0 Å². The van der Waals surface area contributed by atoms with Gasteiger partial charge in [-0.3, -0.25) is 4.79 Å². The lowest BCUT2D eigenvalue weighted by atomic mass is 10.1. The first-order valence-corrected chi connectivity index (χ1v) is 6.73. The minimum atomic E-state index is -0.174. The summed E-state index contributed by atoms with van der Waals surface area (Å²) in [4.78, 5) is 14.0. The summed E-state index contributed by atoms with van der Waals surface area (Å²) in [6.45, 7) is 0.659. The van der Waals surface area contributed by atoms with Gasteiger partial charge in [-0.15, -0.1) is 0 Å². The summed E-state index contributed by atoms with van der Waals surface area (Å²) in [6.07, 6.45) is 1.76. The van der Waals surface area contributed by atoms with Crippen molar-refractivity contribution in [1.82, 2.24) is 10.1 Å². The van der Waals surface area contributed by atoms with Gasteiger partial charge in [-0.05, 0) is 12.8 Å². The molecule has 1 atom stereocenters. The van der Waals surface area contributed by atoms with Crippen molar-refractivity contribution < 1.29 is 14.4 Å². The Morgan fingerprint density at radius 1 is 1.40 bits per heavy atom. The van der Waals surface area contributed by atoms with Gasteiger partial charge in [0, 0.05) is 18.2 Å². The summed E-state index contributed by atoms with van der Waals surface area (Å²) < 4.78 is 5.24. The van der Waals surface area contributed by atoms with E-state index in [2.05, 4.69) is 5.16 Å². The third kappa shape index (κ3) is 2.32. The lowest BCUT2D eigenvalue weighted by molar-refractivity contribution is 0.0667. The van der Waals surface area contributed by atoms with Gasteiger partial charge >= 0.3 is 0 Å². The molecule has 1 aromatic carbocycles. The summed E-state index contributed by atoms with van der Waals surface area (Å²) in [6, 6.07) is 11.1. The number of likely N-dealkylation sites (tertiary alicyclic amines) is 1. The van der Waals surface area contributed by atoms with Gasteiger partial charge in [0.2, 0.25) is 0 Å². The smallest absolute Gasteiger partial charge is 0.276 e. The first kappa shape index (κ1) is 12.9. The number of hydrogen-bond donors (Lipinski definition) is 1. The summed E-state index contributed by atoms with van der Waals surface area (Å²) in [5, 5.41) is 13.1. The number of carbonyl (C=O) groups is 1. The molecule has 2 heterocycles. The van der Waals surface area contributed by atoms with Gasteiger partial charge in [0.05, 0.1) is 12.6 Å². The second kappa shape index (κ2) is 5.46. The van der Waals surface area contributed by atoms with Crippen molar-refractivity contribution >= 4 is 5.91 Å². The van der Waals surface area contributed by atoms with Gasteiger partial charge in [0.25, 0.3) is 5.91 Å². The number of carbonyl (C=O) groups excluding carboxylic acids is 1. The van der Waals surface area contributed by atoms with Gasteiger partial charge in [0.15, 0.2) is 11.5 Å². The standard InChI is InChI=1S/C15H16N2O3/c18-10-12-7-4-8-17(12)15(19)13-9-14(20-16-13)11-5-2-1-3-6-11/h1-3,5-6,9,12,18H,4,7-8,10H2. The van der Waals surface area contributed by atoms with Crippen LogP contribution in [0.4, 0.5) is 0 Å². The largest absolute Gasteiger partial charge is 0.394 e. The molecule has 20 heavy (non-hydrogen) atoms. The SMILES string of the molecule is O=C(c1cc(-c2ccccc2)on1)N1CCCC1CO. The monoisotopic (exact) mass is 272 g/mol. The predicted molar refractivity (Wildman–Crippen MR) is 73.1 cm³/mol. The molecule has 104 valence electrons. The van der Waals surface area contributed by atoms with Crippen LogP contribution in [-0.4, -0.2) is 40.3 Å². The number of rotatable bonds is 3. The highest BCUT2D eigenvalue weighted by molar-refractivity contribution is 5.93. The molecule has 1 aliphatic heterocycles. The molecular formula is C15H16N2O3. The zero-order chi connectivity index (χ0) is 13.9. The highest BCUT2D eigenvalue weighted by Gasteiger charge is 2.30. The number of aliphatic hydroxyl groups is 1. The Balaban J connectivity index is 1.82. The van der Waals surface area contributed by atoms with Crippen LogP contribution in [0.3, 0.4) is 0 Å². The molecule has 2 aromatic rings. The molecule has 5 heteroatoms. The van der Waals surface area contributed by atoms with Crippen molar-refractivity contribution in [2.75, 3.05) is 13.2 Å². The maximum atomic E-state index is 12.4. The predicted octanol–water partition coefficient (Wildman–Crippen LogP) is 1.94. The van der Waals surface area contributed by atoms with E-state index in [1.54, 1.807) is 11.0 Å². The van der Waals surface area contributed by atoms with E-state index < -0.39 is 0 Å². The van der Waals surface area contributed by atoms with Crippen molar-refractivity contribution in [2.24, 2.45) is 0 Å². The molecule has 0 spiro atoms. The molecule has 1 aliphatic rings. The number of nitrogens with zero attached hydrogens (tertiary/aromatic N) is 2. The van der Waals surface area contributed by atoms with Crippen LogP contribution < -0.4 is 0 Å². The van der Waals surface area contributed by atoms with E-state index in [1.165, 1.54) is 0 Å². The average Bonchev–Trinajstić information content (AvgIpc) is 3.16.